The molecule has 0 radical (unpaired) electrons. The Bertz CT molecular complexity index is 267. The number of hydrogen-bond acceptors (Lipinski definition) is 0. The van der Waals surface area contributed by atoms with Gasteiger partial charge in [-0.25, -0.2) is 0 Å². The molecule has 112 valence electrons. The van der Waals surface area contributed by atoms with Gasteiger partial charge < -0.3 is 0 Å². The van der Waals surface area contributed by atoms with Gasteiger partial charge in [-0.2, -0.15) is 0 Å². The van der Waals surface area contributed by atoms with Gasteiger partial charge in [-0.15, -0.1) is 0 Å². The van der Waals surface area contributed by atoms with Gasteiger partial charge in [-0.05, 0) is 67.1 Å². The average molecular weight is 264 g/mol. The fraction of sp³-hybridized carbons (Fsp3) is 1.00. The maximum atomic E-state index is 2.59. The molecule has 0 bridgehead atoms. The minimum atomic E-state index is 0.528. The number of hydrogen-bond donors (Lipinski definition) is 0. The molecule has 0 saturated heterocycles. The highest BCUT2D eigenvalue weighted by Gasteiger charge is 2.40. The molecule has 2 aliphatic carbocycles. The van der Waals surface area contributed by atoms with Crippen LogP contribution in [0.2, 0.25) is 0 Å². The lowest BCUT2D eigenvalue weighted by atomic mass is 9.58. The van der Waals surface area contributed by atoms with E-state index in [0.717, 1.165) is 17.8 Å². The first kappa shape index (κ1) is 15.4. The summed E-state index contributed by atoms with van der Waals surface area (Å²) >= 11 is 0. The maximum Gasteiger partial charge on any atom is -0.0298 e. The first-order valence-electron chi connectivity index (χ1n) is 8.82. The van der Waals surface area contributed by atoms with Gasteiger partial charge in [0.05, 0.1) is 0 Å². The first-order valence-corrected chi connectivity index (χ1v) is 8.82. The minimum Gasteiger partial charge on any atom is -0.0599 e. The molecule has 2 aliphatic rings. The zero-order valence-electron chi connectivity index (χ0n) is 14.1. The third kappa shape index (κ3) is 3.56. The van der Waals surface area contributed by atoms with Gasteiger partial charge in [0, 0.05) is 0 Å². The summed E-state index contributed by atoms with van der Waals surface area (Å²) in [7, 11) is 0. The van der Waals surface area contributed by atoms with Crippen molar-refractivity contribution in [3.8, 4) is 0 Å². The van der Waals surface area contributed by atoms with Crippen molar-refractivity contribution >= 4 is 0 Å². The van der Waals surface area contributed by atoms with E-state index in [0.29, 0.717) is 10.8 Å². The molecule has 0 amide bonds. The third-order valence-electron chi connectivity index (χ3n) is 6.66. The van der Waals surface area contributed by atoms with Gasteiger partial charge in [-0.3, -0.25) is 0 Å². The van der Waals surface area contributed by atoms with Crippen LogP contribution in [0.1, 0.15) is 92.4 Å². The van der Waals surface area contributed by atoms with Crippen molar-refractivity contribution < 1.29 is 0 Å². The predicted molar refractivity (Wildman–Crippen MR) is 85.3 cm³/mol. The summed E-state index contributed by atoms with van der Waals surface area (Å²) in [5.74, 6) is 2.97. The predicted octanol–water partition coefficient (Wildman–Crippen LogP) is 6.45. The Kier molecular flexibility index (Phi) is 4.68. The molecule has 0 heterocycles. The molecule has 19 heavy (non-hydrogen) atoms. The summed E-state index contributed by atoms with van der Waals surface area (Å²) in [6, 6.07) is 0. The zero-order chi connectivity index (χ0) is 14.1. The van der Waals surface area contributed by atoms with Crippen LogP contribution in [0.15, 0.2) is 0 Å². The highest BCUT2D eigenvalue weighted by molar-refractivity contribution is 4.91. The quantitative estimate of drug-likeness (QED) is 0.538. The second-order valence-electron chi connectivity index (χ2n) is 9.07. The van der Waals surface area contributed by atoms with Gasteiger partial charge in [0.25, 0.3) is 0 Å². The Balaban J connectivity index is 1.92. The summed E-state index contributed by atoms with van der Waals surface area (Å²) in [6.07, 6.45) is 13.4. The molecule has 0 aromatic carbocycles. The second kappa shape index (κ2) is 5.78. The Hall–Kier alpha value is 0. The molecule has 0 nitrogen and oxygen atoms in total. The standard InChI is InChI=1S/C19H36/c1-18(2,3)15-11-13-17(14-12-15)19(4,5)16-9-7-6-8-10-16/h15-17H,6-14H2,1-5H3. The van der Waals surface area contributed by atoms with Crippen LogP contribution in [0.25, 0.3) is 0 Å². The van der Waals surface area contributed by atoms with Gasteiger partial charge in [0.1, 0.15) is 0 Å². The third-order valence-corrected chi connectivity index (χ3v) is 6.66. The lowest BCUT2D eigenvalue weighted by molar-refractivity contribution is 0.0309. The van der Waals surface area contributed by atoms with Crippen LogP contribution < -0.4 is 0 Å². The lowest BCUT2D eigenvalue weighted by Crippen LogP contribution is -2.37. The van der Waals surface area contributed by atoms with E-state index < -0.39 is 0 Å². The van der Waals surface area contributed by atoms with Crippen LogP contribution in [-0.2, 0) is 0 Å². The molecule has 2 fully saturated rings. The topological polar surface area (TPSA) is 0 Å². The van der Waals surface area contributed by atoms with E-state index in [9.17, 15) is 0 Å². The first-order chi connectivity index (χ1) is 8.82. The van der Waals surface area contributed by atoms with Gasteiger partial charge in [0.15, 0.2) is 0 Å². The van der Waals surface area contributed by atoms with E-state index >= 15 is 0 Å². The van der Waals surface area contributed by atoms with Crippen molar-refractivity contribution in [1.29, 1.82) is 0 Å². The van der Waals surface area contributed by atoms with Crippen LogP contribution in [0.4, 0.5) is 0 Å². The lowest BCUT2D eigenvalue weighted by Gasteiger charge is -2.47. The monoisotopic (exact) mass is 264 g/mol. The molecule has 0 N–H and O–H groups in total. The molecular formula is C19H36. The van der Waals surface area contributed by atoms with Crippen molar-refractivity contribution in [3.05, 3.63) is 0 Å². The largest absolute Gasteiger partial charge is 0.0599 e. The van der Waals surface area contributed by atoms with Crippen LogP contribution in [-0.4, -0.2) is 0 Å². The van der Waals surface area contributed by atoms with Gasteiger partial charge >= 0.3 is 0 Å². The Morgan fingerprint density at radius 3 is 1.42 bits per heavy atom. The molecule has 0 unspecified atom stereocenters. The van der Waals surface area contributed by atoms with E-state index in [-0.39, 0.29) is 0 Å². The van der Waals surface area contributed by atoms with Gasteiger partial charge in [-0.1, -0.05) is 53.9 Å². The van der Waals surface area contributed by atoms with Crippen LogP contribution in [0, 0.1) is 28.6 Å². The molecule has 2 rings (SSSR count). The highest BCUT2D eigenvalue weighted by Crippen LogP contribution is 2.51. The summed E-state index contributed by atoms with van der Waals surface area (Å²) in [5, 5.41) is 0. The minimum absolute atomic E-state index is 0.528. The summed E-state index contributed by atoms with van der Waals surface area (Å²) in [4.78, 5) is 0. The number of rotatable bonds is 2. The maximum absolute atomic E-state index is 2.59. The van der Waals surface area contributed by atoms with E-state index in [1.54, 1.807) is 0 Å². The Labute approximate surface area is 121 Å². The van der Waals surface area contributed by atoms with E-state index in [1.807, 2.05) is 0 Å². The Morgan fingerprint density at radius 2 is 0.947 bits per heavy atom. The van der Waals surface area contributed by atoms with E-state index in [1.165, 1.54) is 57.8 Å². The van der Waals surface area contributed by atoms with Crippen molar-refractivity contribution in [2.24, 2.45) is 28.6 Å². The molecule has 0 aromatic rings. The normalized spacial score (nSPS) is 31.4. The van der Waals surface area contributed by atoms with Crippen LogP contribution in [0.3, 0.4) is 0 Å². The second-order valence-corrected chi connectivity index (χ2v) is 9.07. The molecule has 0 spiro atoms. The van der Waals surface area contributed by atoms with Crippen LogP contribution in [0.5, 0.6) is 0 Å². The molecule has 0 aliphatic heterocycles. The fourth-order valence-corrected chi connectivity index (χ4v) is 4.88. The van der Waals surface area contributed by atoms with Crippen molar-refractivity contribution in [2.45, 2.75) is 92.4 Å². The fourth-order valence-electron chi connectivity index (χ4n) is 4.88. The SMILES string of the molecule is CC(C)(C)C1CCC(C(C)(C)C2CCCCC2)CC1. The molecular weight excluding hydrogens is 228 g/mol. The highest BCUT2D eigenvalue weighted by atomic mass is 14.5. The molecule has 0 heteroatoms. The van der Waals surface area contributed by atoms with Crippen molar-refractivity contribution in [3.63, 3.8) is 0 Å². The summed E-state index contributed by atoms with van der Waals surface area (Å²) < 4.78 is 0. The van der Waals surface area contributed by atoms with E-state index in [4.69, 9.17) is 0 Å². The summed E-state index contributed by atoms with van der Waals surface area (Å²) in [6.45, 7) is 12.5. The van der Waals surface area contributed by atoms with Crippen LogP contribution >= 0.6 is 0 Å². The molecule has 0 aromatic heterocycles. The Morgan fingerprint density at radius 1 is 0.526 bits per heavy atom. The molecule has 0 atom stereocenters. The summed E-state index contributed by atoms with van der Waals surface area (Å²) in [5.41, 5.74) is 1.13. The average Bonchev–Trinajstić information content (AvgIpc) is 2.39. The molecule has 2 saturated carbocycles. The van der Waals surface area contributed by atoms with Gasteiger partial charge in [0.2, 0.25) is 0 Å². The zero-order valence-corrected chi connectivity index (χ0v) is 14.1. The van der Waals surface area contributed by atoms with Crippen molar-refractivity contribution in [1.82, 2.24) is 0 Å². The van der Waals surface area contributed by atoms with Crippen molar-refractivity contribution in [2.75, 3.05) is 0 Å². The smallest absolute Gasteiger partial charge is 0.0298 e. The van der Waals surface area contributed by atoms with E-state index in [2.05, 4.69) is 34.6 Å².